The number of halogens is 1. The Kier molecular flexibility index (Phi) is 6.86. The molecule has 2 aliphatic heterocycles. The lowest BCUT2D eigenvalue weighted by Gasteiger charge is -2.34. The van der Waals surface area contributed by atoms with E-state index >= 15 is 0 Å². The Labute approximate surface area is 213 Å². The van der Waals surface area contributed by atoms with Gasteiger partial charge in [0, 0.05) is 16.1 Å². The van der Waals surface area contributed by atoms with Crippen LogP contribution in [0.1, 0.15) is 54.1 Å². The maximum absolute atomic E-state index is 11.1. The van der Waals surface area contributed by atoms with Gasteiger partial charge in [-0.1, -0.05) is 42.3 Å². The molecular formula is C26H28ClN3O4S. The van der Waals surface area contributed by atoms with Crippen molar-refractivity contribution in [2.75, 3.05) is 25.6 Å². The van der Waals surface area contributed by atoms with E-state index in [-0.39, 0.29) is 12.8 Å². The average Bonchev–Trinajstić information content (AvgIpc) is 3.37. The highest BCUT2D eigenvalue weighted by Gasteiger charge is 2.52. The quantitative estimate of drug-likeness (QED) is 0.465. The molecule has 0 amide bonds. The minimum atomic E-state index is -0.749. The molecule has 9 heteroatoms. The molecule has 1 aliphatic carbocycles. The molecule has 6 rings (SSSR count). The van der Waals surface area contributed by atoms with E-state index in [0.717, 1.165) is 29.2 Å². The van der Waals surface area contributed by atoms with Gasteiger partial charge in [-0.05, 0) is 68.1 Å². The monoisotopic (exact) mass is 513 g/mol. The van der Waals surface area contributed by atoms with Gasteiger partial charge in [0.1, 0.15) is 0 Å². The summed E-state index contributed by atoms with van der Waals surface area (Å²) in [5, 5.41) is 10.6. The Balaban J connectivity index is 0.000000151. The number of carboxylic acid groups (broad SMARTS) is 1. The van der Waals surface area contributed by atoms with Gasteiger partial charge in [0.2, 0.25) is 6.79 Å². The zero-order valence-corrected chi connectivity index (χ0v) is 20.9. The number of benzene rings is 2. The third-order valence-electron chi connectivity index (χ3n) is 6.85. The molecular weight excluding hydrogens is 486 g/mol. The SMILES string of the molecule is Nc1ncc(C(c2ccccc2Cl)N2CCCCC2)s1.O=C(O)C1(c2ccc3c(c2)OCO3)CC1. The Hall–Kier alpha value is -2.81. The van der Waals surface area contributed by atoms with Gasteiger partial charge in [-0.15, -0.1) is 11.3 Å². The smallest absolute Gasteiger partial charge is 0.314 e. The second-order valence-electron chi connectivity index (χ2n) is 9.08. The molecule has 0 spiro atoms. The molecule has 0 bridgehead atoms. The van der Waals surface area contributed by atoms with Crippen molar-refractivity contribution in [3.63, 3.8) is 0 Å². The first-order valence-electron chi connectivity index (χ1n) is 11.8. The van der Waals surface area contributed by atoms with Crippen molar-refractivity contribution in [1.29, 1.82) is 0 Å². The maximum Gasteiger partial charge on any atom is 0.314 e. The van der Waals surface area contributed by atoms with Gasteiger partial charge in [0.25, 0.3) is 0 Å². The molecule has 2 fully saturated rings. The van der Waals surface area contributed by atoms with Crippen LogP contribution >= 0.6 is 22.9 Å². The van der Waals surface area contributed by atoms with Gasteiger partial charge in [-0.2, -0.15) is 0 Å². The van der Waals surface area contributed by atoms with Crippen LogP contribution in [0.3, 0.4) is 0 Å². The molecule has 1 saturated carbocycles. The number of carbonyl (C=O) groups is 1. The second-order valence-corrected chi connectivity index (χ2v) is 10.6. The first kappa shape index (κ1) is 23.9. The molecule has 184 valence electrons. The number of piperidine rings is 1. The first-order valence-corrected chi connectivity index (χ1v) is 13.0. The molecule has 3 N–H and O–H groups in total. The summed E-state index contributed by atoms with van der Waals surface area (Å²) in [7, 11) is 0. The second kappa shape index (κ2) is 10.0. The number of hydrogen-bond acceptors (Lipinski definition) is 7. The van der Waals surface area contributed by atoms with Crippen molar-refractivity contribution >= 4 is 34.0 Å². The molecule has 0 radical (unpaired) electrons. The average molecular weight is 514 g/mol. The fourth-order valence-electron chi connectivity index (χ4n) is 4.78. The lowest BCUT2D eigenvalue weighted by Crippen LogP contribution is -2.34. The van der Waals surface area contributed by atoms with Crippen LogP contribution < -0.4 is 15.2 Å². The van der Waals surface area contributed by atoms with Crippen molar-refractivity contribution in [2.45, 2.75) is 43.6 Å². The minimum Gasteiger partial charge on any atom is -0.481 e. The van der Waals surface area contributed by atoms with Crippen LogP contribution in [0.15, 0.2) is 48.7 Å². The van der Waals surface area contributed by atoms with Gasteiger partial charge < -0.3 is 20.3 Å². The molecule has 2 aromatic carbocycles. The lowest BCUT2D eigenvalue weighted by molar-refractivity contribution is -0.140. The van der Waals surface area contributed by atoms with Crippen LogP contribution in [0.2, 0.25) is 5.02 Å². The number of fused-ring (bicyclic) bond motifs is 1. The van der Waals surface area contributed by atoms with Crippen molar-refractivity contribution in [3.05, 3.63) is 69.7 Å². The molecule has 7 nitrogen and oxygen atoms in total. The third kappa shape index (κ3) is 4.96. The van der Waals surface area contributed by atoms with Gasteiger partial charge in [-0.25, -0.2) is 4.98 Å². The number of anilines is 1. The van der Waals surface area contributed by atoms with E-state index in [9.17, 15) is 4.79 Å². The van der Waals surface area contributed by atoms with Gasteiger partial charge in [0.15, 0.2) is 16.6 Å². The van der Waals surface area contributed by atoms with E-state index in [1.165, 1.54) is 24.1 Å². The van der Waals surface area contributed by atoms with Crippen LogP contribution in [0.25, 0.3) is 0 Å². The zero-order valence-electron chi connectivity index (χ0n) is 19.3. The standard InChI is InChI=1S/C15H18ClN3S.C11H10O4/c16-12-7-3-2-6-11(12)14(13-10-18-15(17)20-13)19-8-4-1-5-9-19;12-10(13)11(3-4-11)7-1-2-8-9(5-7)15-6-14-8/h2-3,6-7,10,14H,1,4-5,8-9H2,(H2,17,18);1-2,5H,3-4,6H2,(H,12,13). The number of nitrogen functional groups attached to an aromatic ring is 1. The summed E-state index contributed by atoms with van der Waals surface area (Å²) in [5.74, 6) is 0.598. The van der Waals surface area contributed by atoms with E-state index < -0.39 is 11.4 Å². The number of likely N-dealkylation sites (tertiary alicyclic amines) is 1. The van der Waals surface area contributed by atoms with Crippen molar-refractivity contribution in [1.82, 2.24) is 9.88 Å². The number of ether oxygens (including phenoxy) is 2. The van der Waals surface area contributed by atoms with Crippen molar-refractivity contribution in [3.8, 4) is 11.5 Å². The van der Waals surface area contributed by atoms with Crippen LogP contribution in [0.5, 0.6) is 11.5 Å². The largest absolute Gasteiger partial charge is 0.481 e. The Morgan fingerprint density at radius 3 is 2.51 bits per heavy atom. The van der Waals surface area contributed by atoms with E-state index in [4.69, 9.17) is 31.9 Å². The van der Waals surface area contributed by atoms with Gasteiger partial charge in [0.05, 0.1) is 11.5 Å². The summed E-state index contributed by atoms with van der Waals surface area (Å²) in [4.78, 5) is 19.0. The van der Waals surface area contributed by atoms with Crippen LogP contribution in [0.4, 0.5) is 5.13 Å². The number of carboxylic acids is 1. The predicted molar refractivity (Wildman–Crippen MR) is 136 cm³/mol. The highest BCUT2D eigenvalue weighted by atomic mass is 35.5. The van der Waals surface area contributed by atoms with Crippen molar-refractivity contribution in [2.24, 2.45) is 0 Å². The van der Waals surface area contributed by atoms with Crippen LogP contribution in [-0.4, -0.2) is 40.8 Å². The Bertz CT molecular complexity index is 1210. The summed E-state index contributed by atoms with van der Waals surface area (Å²) in [6.07, 6.45) is 7.12. The number of nitrogens with zero attached hydrogens (tertiary/aromatic N) is 2. The number of hydrogen-bond donors (Lipinski definition) is 2. The normalized spacial score (nSPS) is 18.9. The minimum absolute atomic E-state index is 0.179. The number of aliphatic carboxylic acids is 1. The summed E-state index contributed by atoms with van der Waals surface area (Å²) in [6, 6.07) is 13.6. The number of thiazole rings is 1. The highest BCUT2D eigenvalue weighted by Crippen LogP contribution is 2.50. The van der Waals surface area contributed by atoms with Crippen LogP contribution in [-0.2, 0) is 10.2 Å². The van der Waals surface area contributed by atoms with Gasteiger partial charge >= 0.3 is 5.97 Å². The zero-order chi connectivity index (χ0) is 24.4. The topological polar surface area (TPSA) is 97.9 Å². The summed E-state index contributed by atoms with van der Waals surface area (Å²) in [6.45, 7) is 2.43. The molecule has 1 unspecified atom stereocenters. The predicted octanol–water partition coefficient (Wildman–Crippen LogP) is 5.49. The summed E-state index contributed by atoms with van der Waals surface area (Å²) in [5.41, 5.74) is 7.12. The van der Waals surface area contributed by atoms with Crippen LogP contribution in [0, 0.1) is 0 Å². The number of rotatable bonds is 5. The third-order valence-corrected chi connectivity index (χ3v) is 8.07. The molecule has 1 saturated heterocycles. The fourth-order valence-corrected chi connectivity index (χ4v) is 5.85. The van der Waals surface area contributed by atoms with E-state index in [2.05, 4.69) is 16.0 Å². The lowest BCUT2D eigenvalue weighted by atomic mass is 9.96. The summed E-state index contributed by atoms with van der Waals surface area (Å²) < 4.78 is 10.4. The first-order chi connectivity index (χ1) is 17.0. The molecule has 3 aromatic rings. The molecule has 1 atom stereocenters. The van der Waals surface area contributed by atoms with E-state index in [1.54, 1.807) is 23.5 Å². The highest BCUT2D eigenvalue weighted by molar-refractivity contribution is 7.15. The molecule has 1 aromatic heterocycles. The van der Waals surface area contributed by atoms with E-state index in [0.29, 0.717) is 29.5 Å². The number of aromatic nitrogens is 1. The fraction of sp³-hybridized carbons (Fsp3) is 0.385. The molecule has 3 aliphatic rings. The van der Waals surface area contributed by atoms with Crippen molar-refractivity contribution < 1.29 is 19.4 Å². The molecule has 35 heavy (non-hydrogen) atoms. The number of nitrogens with two attached hydrogens (primary N) is 1. The Morgan fingerprint density at radius 2 is 1.86 bits per heavy atom. The maximum atomic E-state index is 11.1. The van der Waals surface area contributed by atoms with Gasteiger partial charge in [-0.3, -0.25) is 9.69 Å². The summed E-state index contributed by atoms with van der Waals surface area (Å²) >= 11 is 7.98. The molecule has 3 heterocycles. The Morgan fingerprint density at radius 1 is 1.11 bits per heavy atom. The van der Waals surface area contributed by atoms with E-state index in [1.807, 2.05) is 30.5 Å².